The maximum Gasteiger partial charge on any atom is 0.179 e. The van der Waals surface area contributed by atoms with Crippen molar-refractivity contribution in [2.45, 2.75) is 0 Å². The van der Waals surface area contributed by atoms with Crippen molar-refractivity contribution < 1.29 is 4.42 Å². The van der Waals surface area contributed by atoms with Gasteiger partial charge in [-0.25, -0.2) is 9.97 Å². The molecule has 0 radical (unpaired) electrons. The fraction of sp³-hybridized carbons (Fsp3) is 0. The highest BCUT2D eigenvalue weighted by Crippen LogP contribution is 2.34. The minimum Gasteiger partial charge on any atom is -0.456 e. The molecule has 0 N–H and O–H groups in total. The lowest BCUT2D eigenvalue weighted by molar-refractivity contribution is 0.669. The van der Waals surface area contributed by atoms with Crippen LogP contribution in [0.5, 0.6) is 0 Å². The minimum atomic E-state index is 0.550. The van der Waals surface area contributed by atoms with Crippen LogP contribution in [0.2, 0.25) is 0 Å². The van der Waals surface area contributed by atoms with E-state index in [9.17, 15) is 5.26 Å². The molecule has 238 valence electrons. The van der Waals surface area contributed by atoms with Crippen molar-refractivity contribution in [1.82, 2.24) is 15.0 Å². The Morgan fingerprint density at radius 1 is 0.412 bits per heavy atom. The Morgan fingerprint density at radius 3 is 1.45 bits per heavy atom. The summed E-state index contributed by atoms with van der Waals surface area (Å²) in [6.45, 7) is 0. The van der Waals surface area contributed by atoms with Gasteiger partial charge in [0.25, 0.3) is 0 Å². The van der Waals surface area contributed by atoms with Gasteiger partial charge in [-0.3, -0.25) is 4.98 Å². The molecule has 6 aromatic carbocycles. The Morgan fingerprint density at radius 2 is 0.902 bits per heavy atom. The lowest BCUT2D eigenvalue weighted by atomic mass is 10.0. The Kier molecular flexibility index (Phi) is 7.46. The van der Waals surface area contributed by atoms with Gasteiger partial charge in [-0.1, -0.05) is 121 Å². The molecule has 0 saturated heterocycles. The van der Waals surface area contributed by atoms with Gasteiger partial charge in [-0.05, 0) is 70.3 Å². The van der Waals surface area contributed by atoms with Crippen LogP contribution in [0.1, 0.15) is 5.56 Å². The van der Waals surface area contributed by atoms with E-state index in [4.69, 9.17) is 19.4 Å². The number of benzene rings is 6. The van der Waals surface area contributed by atoms with E-state index >= 15 is 0 Å². The highest BCUT2D eigenvalue weighted by molar-refractivity contribution is 6.06. The Bertz CT molecular complexity index is 2610. The number of hydrogen-bond acceptors (Lipinski definition) is 5. The minimum absolute atomic E-state index is 0.550. The van der Waals surface area contributed by atoms with Crippen LogP contribution in [0.4, 0.5) is 0 Å². The van der Waals surface area contributed by atoms with Crippen molar-refractivity contribution in [1.29, 1.82) is 5.26 Å². The summed E-state index contributed by atoms with van der Waals surface area (Å²) in [6.07, 6.45) is 1.85. The fourth-order valence-electron chi connectivity index (χ4n) is 6.51. The summed E-state index contributed by atoms with van der Waals surface area (Å²) in [5.41, 5.74) is 12.9. The molecule has 51 heavy (non-hydrogen) atoms. The lowest BCUT2D eigenvalue weighted by Crippen LogP contribution is -1.97. The smallest absolute Gasteiger partial charge is 0.179 e. The summed E-state index contributed by atoms with van der Waals surface area (Å²) >= 11 is 0. The average molecular weight is 653 g/mol. The molecule has 0 amide bonds. The van der Waals surface area contributed by atoms with Crippen LogP contribution in [-0.4, -0.2) is 15.0 Å². The molecule has 0 fully saturated rings. The molecule has 3 aromatic heterocycles. The fourth-order valence-corrected chi connectivity index (χ4v) is 6.51. The summed E-state index contributed by atoms with van der Waals surface area (Å²) in [5.74, 6) is 0.550. The molecule has 0 saturated carbocycles. The second-order valence-corrected chi connectivity index (χ2v) is 12.4. The van der Waals surface area contributed by atoms with Crippen LogP contribution in [0, 0.1) is 11.3 Å². The van der Waals surface area contributed by atoms with Crippen molar-refractivity contribution in [2.24, 2.45) is 0 Å². The zero-order valence-electron chi connectivity index (χ0n) is 27.4. The third-order valence-corrected chi connectivity index (χ3v) is 9.23. The first-order chi connectivity index (χ1) is 25.2. The molecule has 0 aliphatic rings. The zero-order valence-corrected chi connectivity index (χ0v) is 27.4. The summed E-state index contributed by atoms with van der Waals surface area (Å²) < 4.78 is 6.13. The first-order valence-electron chi connectivity index (χ1n) is 16.7. The number of fused-ring (bicyclic) bond motifs is 3. The summed E-state index contributed by atoms with van der Waals surface area (Å²) in [7, 11) is 0. The van der Waals surface area contributed by atoms with E-state index in [1.807, 2.05) is 48.7 Å². The molecule has 0 spiro atoms. The van der Waals surface area contributed by atoms with Crippen LogP contribution >= 0.6 is 0 Å². The molecule has 9 aromatic rings. The highest BCUT2D eigenvalue weighted by Gasteiger charge is 2.14. The van der Waals surface area contributed by atoms with Crippen LogP contribution in [-0.2, 0) is 0 Å². The van der Waals surface area contributed by atoms with E-state index in [0.717, 1.165) is 61.1 Å². The zero-order chi connectivity index (χ0) is 34.1. The van der Waals surface area contributed by atoms with Gasteiger partial charge in [0.1, 0.15) is 16.9 Å². The Balaban J connectivity index is 1.08. The van der Waals surface area contributed by atoms with Crippen molar-refractivity contribution in [3.8, 4) is 73.5 Å². The van der Waals surface area contributed by atoms with Crippen molar-refractivity contribution >= 4 is 21.9 Å². The molecule has 0 atom stereocenters. The number of nitriles is 1. The predicted molar refractivity (Wildman–Crippen MR) is 204 cm³/mol. The maximum absolute atomic E-state index is 9.31. The van der Waals surface area contributed by atoms with Gasteiger partial charge < -0.3 is 4.42 Å². The first kappa shape index (κ1) is 29.9. The van der Waals surface area contributed by atoms with Crippen LogP contribution < -0.4 is 0 Å². The van der Waals surface area contributed by atoms with Gasteiger partial charge >= 0.3 is 0 Å². The van der Waals surface area contributed by atoms with Crippen molar-refractivity contribution in [3.05, 3.63) is 176 Å². The quantitative estimate of drug-likeness (QED) is 0.179. The molecule has 0 bridgehead atoms. The molecule has 5 nitrogen and oxygen atoms in total. The SMILES string of the molecule is N#Cc1ccc2c(c1)oc1cc(-c3ccc(-c4nc(-c5ccc(-c6ccccc6)cc5)cc(-c5ccc(-c6ccccc6)cc5)n4)nc3)ccc12. The molecule has 0 unspecified atom stereocenters. The van der Waals surface area contributed by atoms with Crippen LogP contribution in [0.15, 0.2) is 174 Å². The maximum atomic E-state index is 9.31. The van der Waals surface area contributed by atoms with Crippen molar-refractivity contribution in [2.75, 3.05) is 0 Å². The molecule has 0 aliphatic heterocycles. The highest BCUT2D eigenvalue weighted by atomic mass is 16.3. The second kappa shape index (κ2) is 12.7. The molecule has 3 heterocycles. The van der Waals surface area contributed by atoms with Crippen LogP contribution in [0.3, 0.4) is 0 Å². The second-order valence-electron chi connectivity index (χ2n) is 12.4. The Hall–Kier alpha value is -7.16. The number of nitrogens with zero attached hydrogens (tertiary/aromatic N) is 4. The number of pyridine rings is 1. The van der Waals surface area contributed by atoms with Gasteiger partial charge in [-0.15, -0.1) is 0 Å². The molecule has 0 aliphatic carbocycles. The number of rotatable bonds is 6. The van der Waals surface area contributed by atoms with Crippen molar-refractivity contribution in [3.63, 3.8) is 0 Å². The molecular formula is C46H28N4O. The first-order valence-corrected chi connectivity index (χ1v) is 16.7. The molecule has 9 rings (SSSR count). The van der Waals surface area contributed by atoms with E-state index in [1.54, 1.807) is 6.07 Å². The summed E-state index contributed by atoms with van der Waals surface area (Å²) in [5, 5.41) is 11.3. The van der Waals surface area contributed by atoms with Gasteiger partial charge in [0.15, 0.2) is 5.82 Å². The van der Waals surface area contributed by atoms with Gasteiger partial charge in [-0.2, -0.15) is 5.26 Å². The van der Waals surface area contributed by atoms with E-state index in [0.29, 0.717) is 22.7 Å². The number of furan rings is 1. The topological polar surface area (TPSA) is 75.6 Å². The lowest BCUT2D eigenvalue weighted by Gasteiger charge is -2.11. The third-order valence-electron chi connectivity index (χ3n) is 9.23. The standard InChI is InChI=1S/C46H28N4O/c47-28-30-11-22-39-40-23-20-37(26-45(40)51-44(39)25-30)38-21-24-41(48-29-38)46-49-42(35-16-12-33(13-17-35)31-7-3-1-4-8-31)27-43(50-46)36-18-14-34(15-19-36)32-9-5-2-6-10-32/h1-27,29H. The van der Waals surface area contributed by atoms with Crippen LogP contribution in [0.25, 0.3) is 89.4 Å². The summed E-state index contributed by atoms with van der Waals surface area (Å²) in [6, 6.07) is 57.6. The molecular weight excluding hydrogens is 625 g/mol. The number of aromatic nitrogens is 3. The summed E-state index contributed by atoms with van der Waals surface area (Å²) in [4.78, 5) is 14.9. The van der Waals surface area contributed by atoms with E-state index in [2.05, 4.69) is 121 Å². The molecule has 5 heteroatoms. The van der Waals surface area contributed by atoms with E-state index in [1.165, 1.54) is 11.1 Å². The van der Waals surface area contributed by atoms with Gasteiger partial charge in [0, 0.05) is 33.7 Å². The average Bonchev–Trinajstić information content (AvgIpc) is 3.58. The monoisotopic (exact) mass is 652 g/mol. The predicted octanol–water partition coefficient (Wildman–Crippen LogP) is 11.6. The van der Waals surface area contributed by atoms with E-state index < -0.39 is 0 Å². The van der Waals surface area contributed by atoms with Gasteiger partial charge in [0.2, 0.25) is 0 Å². The number of hydrogen-bond donors (Lipinski definition) is 0. The Labute approximate surface area is 294 Å². The van der Waals surface area contributed by atoms with Gasteiger partial charge in [0.05, 0.1) is 23.0 Å². The third kappa shape index (κ3) is 5.82. The normalized spacial score (nSPS) is 11.1. The largest absolute Gasteiger partial charge is 0.456 e. The van der Waals surface area contributed by atoms with E-state index in [-0.39, 0.29) is 0 Å².